The first kappa shape index (κ1) is 24.8. The van der Waals surface area contributed by atoms with E-state index in [9.17, 15) is 18.0 Å². The van der Waals surface area contributed by atoms with Crippen LogP contribution in [0.15, 0.2) is 41.3 Å². The largest absolute Gasteiger partial charge is 0.493 e. The number of rotatable bonds is 7. The molecule has 2 aromatic rings. The summed E-state index contributed by atoms with van der Waals surface area (Å²) in [6.45, 7) is 0.370. The Balaban J connectivity index is 1.67. The number of methoxy groups -OCH3 is 3. The molecule has 0 unspecified atom stereocenters. The highest BCUT2D eigenvalue weighted by molar-refractivity contribution is 7.89. The van der Waals surface area contributed by atoms with Crippen molar-refractivity contribution < 1.29 is 32.2 Å². The summed E-state index contributed by atoms with van der Waals surface area (Å²) in [5, 5.41) is 3.02. The van der Waals surface area contributed by atoms with E-state index in [0.717, 1.165) is 0 Å². The lowest BCUT2D eigenvalue weighted by atomic mass is 9.97. The van der Waals surface area contributed by atoms with Crippen molar-refractivity contribution in [3.63, 3.8) is 0 Å². The fraction of sp³-hybridized carbons (Fsp3) is 0.364. The molecule has 1 N–H and O–H groups in total. The third-order valence-corrected chi connectivity index (χ3v) is 7.69. The zero-order chi connectivity index (χ0) is 24.2. The van der Waals surface area contributed by atoms with Crippen LogP contribution in [0.4, 0.5) is 5.69 Å². The summed E-state index contributed by atoms with van der Waals surface area (Å²) >= 11 is 6.15. The molecule has 1 heterocycles. The van der Waals surface area contributed by atoms with E-state index in [4.69, 9.17) is 21.1 Å². The summed E-state index contributed by atoms with van der Waals surface area (Å²) in [5.41, 5.74) is 0.554. The van der Waals surface area contributed by atoms with Crippen molar-refractivity contribution in [1.82, 2.24) is 4.31 Å². The zero-order valence-corrected chi connectivity index (χ0v) is 20.0. The third-order valence-electron chi connectivity index (χ3n) is 5.46. The second-order valence-electron chi connectivity index (χ2n) is 7.37. The normalized spacial score (nSPS) is 15.0. The van der Waals surface area contributed by atoms with Gasteiger partial charge in [-0.2, -0.15) is 4.31 Å². The van der Waals surface area contributed by atoms with Crippen LogP contribution in [-0.4, -0.2) is 59.0 Å². The molecule has 1 aliphatic rings. The van der Waals surface area contributed by atoms with Crippen molar-refractivity contribution in [1.29, 1.82) is 0 Å². The maximum atomic E-state index is 13.1. The van der Waals surface area contributed by atoms with Gasteiger partial charge in [-0.15, -0.1) is 0 Å². The highest BCUT2D eigenvalue weighted by Crippen LogP contribution is 2.32. The minimum absolute atomic E-state index is 0.0921. The Hall–Kier alpha value is -2.82. The maximum absolute atomic E-state index is 13.1. The van der Waals surface area contributed by atoms with Gasteiger partial charge in [-0.1, -0.05) is 11.6 Å². The molecule has 33 heavy (non-hydrogen) atoms. The van der Waals surface area contributed by atoms with Crippen molar-refractivity contribution >= 4 is 39.2 Å². The monoisotopic (exact) mass is 496 g/mol. The Morgan fingerprint density at radius 1 is 1.00 bits per heavy atom. The van der Waals surface area contributed by atoms with Crippen molar-refractivity contribution in [2.24, 2.45) is 5.92 Å². The van der Waals surface area contributed by atoms with Crippen molar-refractivity contribution in [2.75, 3.05) is 39.7 Å². The highest BCUT2D eigenvalue weighted by atomic mass is 35.5. The molecule has 1 fully saturated rings. The van der Waals surface area contributed by atoms with Crippen molar-refractivity contribution in [3.05, 3.63) is 47.0 Å². The molecule has 0 aliphatic carbocycles. The molecule has 1 aliphatic heterocycles. The van der Waals surface area contributed by atoms with Gasteiger partial charge >= 0.3 is 5.97 Å². The van der Waals surface area contributed by atoms with Gasteiger partial charge in [0, 0.05) is 25.1 Å². The van der Waals surface area contributed by atoms with Crippen LogP contribution in [0.2, 0.25) is 5.02 Å². The second-order valence-corrected chi connectivity index (χ2v) is 9.72. The first-order chi connectivity index (χ1) is 15.7. The SMILES string of the molecule is COC(=O)c1ccc(Cl)c(NC(=O)C2CCN(S(=O)(=O)c3ccc(OC)c(OC)c3)CC2)c1. The number of hydrogen-bond acceptors (Lipinski definition) is 7. The minimum Gasteiger partial charge on any atom is -0.493 e. The lowest BCUT2D eigenvalue weighted by Crippen LogP contribution is -2.41. The van der Waals surface area contributed by atoms with Crippen LogP contribution in [-0.2, 0) is 19.6 Å². The van der Waals surface area contributed by atoms with Crippen LogP contribution in [0.1, 0.15) is 23.2 Å². The van der Waals surface area contributed by atoms with E-state index in [0.29, 0.717) is 30.0 Å². The molecule has 9 nitrogen and oxygen atoms in total. The lowest BCUT2D eigenvalue weighted by molar-refractivity contribution is -0.120. The first-order valence-corrected chi connectivity index (χ1v) is 11.9. The average molecular weight is 497 g/mol. The van der Waals surface area contributed by atoms with Crippen LogP contribution in [0.5, 0.6) is 11.5 Å². The van der Waals surface area contributed by atoms with Crippen LogP contribution in [0, 0.1) is 5.92 Å². The van der Waals surface area contributed by atoms with Gasteiger partial charge in [0.05, 0.1) is 42.5 Å². The molecule has 0 bridgehead atoms. The molecule has 1 amide bonds. The topological polar surface area (TPSA) is 111 Å². The van der Waals surface area contributed by atoms with E-state index >= 15 is 0 Å². The van der Waals surface area contributed by atoms with Gasteiger partial charge in [-0.25, -0.2) is 13.2 Å². The van der Waals surface area contributed by atoms with Crippen LogP contribution >= 0.6 is 11.6 Å². The number of piperidine rings is 1. The third kappa shape index (κ3) is 5.40. The van der Waals surface area contributed by atoms with E-state index in [1.54, 1.807) is 0 Å². The second kappa shape index (κ2) is 10.4. The highest BCUT2D eigenvalue weighted by Gasteiger charge is 2.33. The molecule has 3 rings (SSSR count). The Labute approximate surface area is 197 Å². The molecule has 0 radical (unpaired) electrons. The molecule has 0 aromatic heterocycles. The zero-order valence-electron chi connectivity index (χ0n) is 18.5. The minimum atomic E-state index is -3.76. The molecule has 0 spiro atoms. The fourth-order valence-electron chi connectivity index (χ4n) is 3.59. The maximum Gasteiger partial charge on any atom is 0.337 e. The van der Waals surface area contributed by atoms with E-state index in [-0.39, 0.29) is 34.5 Å². The van der Waals surface area contributed by atoms with E-state index in [2.05, 4.69) is 10.1 Å². The molecule has 1 saturated heterocycles. The summed E-state index contributed by atoms with van der Waals surface area (Å²) in [6.07, 6.45) is 0.680. The van der Waals surface area contributed by atoms with Crippen LogP contribution < -0.4 is 14.8 Å². The fourth-order valence-corrected chi connectivity index (χ4v) is 5.24. The Bertz CT molecular complexity index is 1150. The lowest BCUT2D eigenvalue weighted by Gasteiger charge is -2.30. The van der Waals surface area contributed by atoms with Gasteiger partial charge in [-0.3, -0.25) is 4.79 Å². The molecular weight excluding hydrogens is 472 g/mol. The quantitative estimate of drug-likeness (QED) is 0.586. The summed E-state index contributed by atoms with van der Waals surface area (Å²) in [4.78, 5) is 24.6. The number of ether oxygens (including phenoxy) is 3. The standard InChI is InChI=1S/C22H25ClN2O7S/c1-30-19-7-5-16(13-20(19)31-2)33(28,29)25-10-8-14(9-11-25)21(26)24-18-12-15(22(27)32-3)4-6-17(18)23/h4-7,12-14H,8-11H2,1-3H3,(H,24,26). The summed E-state index contributed by atoms with van der Waals surface area (Å²) in [5.74, 6) is -0.488. The number of amides is 1. The number of halogens is 1. The predicted molar refractivity (Wildman–Crippen MR) is 122 cm³/mol. The number of nitrogens with zero attached hydrogens (tertiary/aromatic N) is 1. The number of anilines is 1. The molecule has 0 saturated carbocycles. The summed E-state index contributed by atoms with van der Waals surface area (Å²) in [6, 6.07) is 8.87. The summed E-state index contributed by atoms with van der Waals surface area (Å²) < 4.78 is 42.5. The smallest absolute Gasteiger partial charge is 0.337 e. The number of esters is 1. The number of nitrogens with one attached hydrogen (secondary N) is 1. The van der Waals surface area contributed by atoms with Gasteiger partial charge in [0.15, 0.2) is 11.5 Å². The molecule has 2 aromatic carbocycles. The number of hydrogen-bond donors (Lipinski definition) is 1. The van der Waals surface area contributed by atoms with Gasteiger partial charge in [-0.05, 0) is 43.2 Å². The first-order valence-electron chi connectivity index (χ1n) is 10.1. The van der Waals surface area contributed by atoms with Crippen molar-refractivity contribution in [2.45, 2.75) is 17.7 Å². The number of carbonyl (C=O) groups is 2. The van der Waals surface area contributed by atoms with Gasteiger partial charge in [0.2, 0.25) is 15.9 Å². The molecule has 178 valence electrons. The Kier molecular flexibility index (Phi) is 7.83. The predicted octanol–water partition coefficient (Wildman–Crippen LogP) is 3.18. The molecule has 0 atom stereocenters. The number of sulfonamides is 1. The molecular formula is C22H25ClN2O7S. The number of carbonyl (C=O) groups excluding carboxylic acids is 2. The van der Waals surface area contributed by atoms with E-state index < -0.39 is 21.9 Å². The van der Waals surface area contributed by atoms with Crippen LogP contribution in [0.25, 0.3) is 0 Å². The van der Waals surface area contributed by atoms with Gasteiger partial charge < -0.3 is 19.5 Å². The Morgan fingerprint density at radius 3 is 2.27 bits per heavy atom. The van der Waals surface area contributed by atoms with Gasteiger partial charge in [0.1, 0.15) is 0 Å². The van der Waals surface area contributed by atoms with Crippen molar-refractivity contribution in [3.8, 4) is 11.5 Å². The number of benzene rings is 2. The van der Waals surface area contributed by atoms with E-state index in [1.807, 2.05) is 0 Å². The molecule has 11 heteroatoms. The summed E-state index contributed by atoms with van der Waals surface area (Å²) in [7, 11) is 0.413. The Morgan fingerprint density at radius 2 is 1.67 bits per heavy atom. The average Bonchev–Trinajstić information content (AvgIpc) is 2.84. The van der Waals surface area contributed by atoms with E-state index in [1.165, 1.54) is 62.0 Å². The van der Waals surface area contributed by atoms with Gasteiger partial charge in [0.25, 0.3) is 0 Å². The van der Waals surface area contributed by atoms with Crippen LogP contribution in [0.3, 0.4) is 0 Å².